The molecule has 7 rings (SSSR count). The van der Waals surface area contributed by atoms with Gasteiger partial charge in [0.15, 0.2) is 5.78 Å². The zero-order valence-electron chi connectivity index (χ0n) is 25.1. The van der Waals surface area contributed by atoms with Gasteiger partial charge in [-0.3, -0.25) is 19.2 Å². The van der Waals surface area contributed by atoms with Gasteiger partial charge in [0.2, 0.25) is 0 Å². The van der Waals surface area contributed by atoms with Crippen molar-refractivity contribution in [1.29, 1.82) is 0 Å². The highest BCUT2D eigenvalue weighted by Gasteiger charge is 2.36. The maximum absolute atomic E-state index is 13.8. The van der Waals surface area contributed by atoms with Crippen molar-refractivity contribution in [1.82, 2.24) is 20.3 Å². The van der Waals surface area contributed by atoms with Crippen LogP contribution in [0.2, 0.25) is 0 Å². The van der Waals surface area contributed by atoms with Crippen molar-refractivity contribution in [3.63, 3.8) is 0 Å². The number of amides is 2. The minimum Gasteiger partial charge on any atom is -0.506 e. The molecule has 5 N–H and O–H groups in total. The smallest absolute Gasteiger partial charge is 0.274 e. The molecule has 0 fully saturated rings. The number of aromatic hydroxyl groups is 1. The number of H-pyrrole nitrogens is 3. The molecule has 0 spiro atoms. The molecule has 0 saturated heterocycles. The number of phenols is 1. The third-order valence-electron chi connectivity index (χ3n) is 8.65. The van der Waals surface area contributed by atoms with E-state index in [-0.39, 0.29) is 48.0 Å². The van der Waals surface area contributed by atoms with Crippen LogP contribution in [-0.2, 0) is 11.2 Å². The molecule has 10 nitrogen and oxygen atoms in total. The van der Waals surface area contributed by atoms with Gasteiger partial charge in [0.25, 0.3) is 11.8 Å². The first-order valence-electron chi connectivity index (χ1n) is 14.9. The largest absolute Gasteiger partial charge is 0.506 e. The number of fused-ring (bicyclic) bond motifs is 5. The second-order valence-electron chi connectivity index (χ2n) is 11.9. The van der Waals surface area contributed by atoms with Gasteiger partial charge in [0.1, 0.15) is 17.2 Å². The molecule has 1 aliphatic heterocycles. The van der Waals surface area contributed by atoms with Gasteiger partial charge in [-0.15, -0.1) is 11.6 Å². The van der Waals surface area contributed by atoms with Gasteiger partial charge in [-0.1, -0.05) is 6.07 Å². The van der Waals surface area contributed by atoms with E-state index in [9.17, 15) is 24.3 Å². The number of nitrogens with zero attached hydrogens (tertiary/aromatic N) is 1. The fourth-order valence-electron chi connectivity index (χ4n) is 6.41. The molecule has 2 amide bonds. The molecular formula is C35H30ClN5O5. The highest BCUT2D eigenvalue weighted by molar-refractivity contribution is 6.19. The lowest BCUT2D eigenvalue weighted by Gasteiger charge is -2.17. The molecule has 3 aromatic heterocycles. The number of hydrogen-bond acceptors (Lipinski definition) is 5. The molecular weight excluding hydrogens is 606 g/mol. The Hall–Kier alpha value is -5.35. The van der Waals surface area contributed by atoms with Gasteiger partial charge in [-0.25, -0.2) is 0 Å². The van der Waals surface area contributed by atoms with Crippen LogP contribution in [-0.4, -0.2) is 62.4 Å². The van der Waals surface area contributed by atoms with E-state index in [1.165, 1.54) is 6.92 Å². The lowest BCUT2D eigenvalue weighted by Crippen LogP contribution is -2.30. The van der Waals surface area contributed by atoms with Crippen LogP contribution in [0.3, 0.4) is 0 Å². The minimum absolute atomic E-state index is 0.0444. The number of rotatable bonds is 8. The van der Waals surface area contributed by atoms with Crippen LogP contribution in [0.4, 0.5) is 5.69 Å². The Balaban J connectivity index is 1.11. The van der Waals surface area contributed by atoms with Crippen LogP contribution in [0.5, 0.6) is 5.75 Å². The molecule has 1 aliphatic rings. The Morgan fingerprint density at radius 3 is 2.46 bits per heavy atom. The van der Waals surface area contributed by atoms with Crippen molar-refractivity contribution < 1.29 is 24.3 Å². The van der Waals surface area contributed by atoms with Crippen molar-refractivity contribution in [2.75, 3.05) is 23.9 Å². The summed E-state index contributed by atoms with van der Waals surface area (Å²) in [7, 11) is 0. The fraction of sp³-hybridized carbons (Fsp3) is 0.200. The maximum atomic E-state index is 13.8. The molecule has 232 valence electrons. The lowest BCUT2D eigenvalue weighted by atomic mass is 9.97. The number of phenolic OH excluding ortho intramolecular Hbond substituents is 1. The van der Waals surface area contributed by atoms with E-state index in [1.807, 2.05) is 31.3 Å². The normalized spacial score (nSPS) is 14.3. The second kappa shape index (κ2) is 11.2. The summed E-state index contributed by atoms with van der Waals surface area (Å²) in [6.45, 7) is 3.71. The van der Waals surface area contributed by atoms with Crippen molar-refractivity contribution in [3.8, 4) is 5.75 Å². The number of aryl methyl sites for hydroxylation is 1. The third kappa shape index (κ3) is 5.00. The first-order chi connectivity index (χ1) is 22.1. The third-order valence-corrected chi connectivity index (χ3v) is 9.02. The number of aromatic nitrogens is 3. The van der Waals surface area contributed by atoms with Crippen LogP contribution in [0.1, 0.15) is 60.9 Å². The summed E-state index contributed by atoms with van der Waals surface area (Å²) < 4.78 is 0. The molecule has 6 aromatic rings. The summed E-state index contributed by atoms with van der Waals surface area (Å²) in [5.74, 6) is -0.537. The zero-order valence-corrected chi connectivity index (χ0v) is 25.8. The summed E-state index contributed by atoms with van der Waals surface area (Å²) in [4.78, 5) is 61.8. The number of halogens is 1. The van der Waals surface area contributed by atoms with Crippen molar-refractivity contribution in [3.05, 3.63) is 94.4 Å². The predicted molar refractivity (Wildman–Crippen MR) is 177 cm³/mol. The molecule has 46 heavy (non-hydrogen) atoms. The number of hydrogen-bond donors (Lipinski definition) is 5. The van der Waals surface area contributed by atoms with Crippen LogP contribution in [0, 0.1) is 6.92 Å². The fourth-order valence-corrected chi connectivity index (χ4v) is 6.66. The summed E-state index contributed by atoms with van der Waals surface area (Å²) in [5, 5.41) is 15.7. The monoisotopic (exact) mass is 635 g/mol. The quantitative estimate of drug-likeness (QED) is 0.105. The standard InChI is InChI=1S/C35H30ClN5O5/c1-17-14-37-33-30(44)12-28-32(31(17)33)23(13-36)16-41(28)35(46)27-11-21-7-19(3-5-24(21)40-27)8-29(43)26-10-22-9-20(4-6-25(22)39-26)34(45)38-15-18(2)42/h3-7,9-12,14,23,37,39-40,44H,8,13,15-16H2,1-2H3,(H,38,45). The lowest BCUT2D eigenvalue weighted by molar-refractivity contribution is -0.116. The van der Waals surface area contributed by atoms with Crippen LogP contribution >= 0.6 is 11.6 Å². The second-order valence-corrected chi connectivity index (χ2v) is 12.2. The number of alkyl halides is 1. The highest BCUT2D eigenvalue weighted by Crippen LogP contribution is 2.46. The van der Waals surface area contributed by atoms with E-state index in [2.05, 4.69) is 20.3 Å². The number of anilines is 1. The average Bonchev–Trinajstić information content (AvgIpc) is 3.82. The molecule has 0 bridgehead atoms. The number of nitrogens with one attached hydrogen (secondary N) is 4. The number of aromatic amines is 3. The topological polar surface area (TPSA) is 151 Å². The number of benzene rings is 3. The van der Waals surface area contributed by atoms with Gasteiger partial charge in [0.05, 0.1) is 23.4 Å². The molecule has 11 heteroatoms. The number of Topliss-reactive ketones (excluding diaryl/α,β-unsaturated/α-hetero) is 2. The first-order valence-corrected chi connectivity index (χ1v) is 15.4. The van der Waals surface area contributed by atoms with Crippen molar-refractivity contribution in [2.45, 2.75) is 26.2 Å². The number of carbonyl (C=O) groups excluding carboxylic acids is 4. The number of ketones is 2. The molecule has 0 radical (unpaired) electrons. The SMILES string of the molecule is CC(=O)CNC(=O)c1ccc2[nH]c(C(=O)Cc3ccc4[nH]c(C(=O)N5CC(CCl)c6c5cc(O)c5[nH]cc(C)c65)cc4c3)cc2c1. The summed E-state index contributed by atoms with van der Waals surface area (Å²) in [6, 6.07) is 15.8. The van der Waals surface area contributed by atoms with E-state index in [1.54, 1.807) is 41.3 Å². The Bertz CT molecular complexity index is 2240. The first kappa shape index (κ1) is 29.4. The van der Waals surface area contributed by atoms with Crippen LogP contribution in [0.15, 0.2) is 60.8 Å². The molecule has 1 unspecified atom stereocenters. The summed E-state index contributed by atoms with van der Waals surface area (Å²) in [6.07, 6.45) is 1.97. The Morgan fingerprint density at radius 2 is 1.70 bits per heavy atom. The van der Waals surface area contributed by atoms with E-state index in [4.69, 9.17) is 11.6 Å². The van der Waals surface area contributed by atoms with E-state index in [0.717, 1.165) is 38.5 Å². The Morgan fingerprint density at radius 1 is 0.978 bits per heavy atom. The Kier molecular flexibility index (Phi) is 7.16. The van der Waals surface area contributed by atoms with Crippen molar-refractivity contribution in [2.24, 2.45) is 0 Å². The summed E-state index contributed by atoms with van der Waals surface area (Å²) in [5.41, 5.74) is 6.68. The molecule has 4 heterocycles. The minimum atomic E-state index is -0.358. The van der Waals surface area contributed by atoms with Gasteiger partial charge >= 0.3 is 0 Å². The zero-order chi connectivity index (χ0) is 32.3. The average molecular weight is 636 g/mol. The van der Waals surface area contributed by atoms with E-state index in [0.29, 0.717) is 46.0 Å². The van der Waals surface area contributed by atoms with Crippen molar-refractivity contribution >= 4 is 73.4 Å². The summed E-state index contributed by atoms with van der Waals surface area (Å²) >= 11 is 6.37. The molecule has 0 aliphatic carbocycles. The van der Waals surface area contributed by atoms with Gasteiger partial charge in [-0.05, 0) is 73.0 Å². The van der Waals surface area contributed by atoms with Crippen LogP contribution in [0.25, 0.3) is 32.7 Å². The maximum Gasteiger partial charge on any atom is 0.274 e. The Labute approximate surface area is 267 Å². The van der Waals surface area contributed by atoms with Gasteiger partial charge in [0, 0.05) is 69.8 Å². The molecule has 1 atom stereocenters. The van der Waals surface area contributed by atoms with Gasteiger partial charge in [-0.2, -0.15) is 0 Å². The van der Waals surface area contributed by atoms with Gasteiger partial charge < -0.3 is 30.3 Å². The molecule has 3 aromatic carbocycles. The highest BCUT2D eigenvalue weighted by atomic mass is 35.5. The number of carbonyl (C=O) groups is 4. The molecule has 0 saturated carbocycles. The van der Waals surface area contributed by atoms with E-state index < -0.39 is 0 Å². The predicted octanol–water partition coefficient (Wildman–Crippen LogP) is 5.87. The van der Waals surface area contributed by atoms with Crippen LogP contribution < -0.4 is 10.2 Å². The van der Waals surface area contributed by atoms with E-state index >= 15 is 0 Å².